The molecule has 2 aliphatic rings. The number of hydrogen-bond donors (Lipinski definition) is 2. The largest absolute Gasteiger partial charge is 0.432 e. The number of ether oxygens (including phenoxy) is 1. The van der Waals surface area contributed by atoms with Crippen LogP contribution in [-0.2, 0) is 16.1 Å². The molecule has 0 spiro atoms. The third kappa shape index (κ3) is 4.64. The second-order valence-corrected chi connectivity index (χ2v) is 10.0. The van der Waals surface area contributed by atoms with Gasteiger partial charge in [-0.25, -0.2) is 4.79 Å². The van der Waals surface area contributed by atoms with E-state index >= 15 is 0 Å². The Labute approximate surface area is 180 Å². The van der Waals surface area contributed by atoms with E-state index in [9.17, 15) is 9.59 Å². The van der Waals surface area contributed by atoms with Gasteiger partial charge in [0.2, 0.25) is 0 Å². The van der Waals surface area contributed by atoms with Gasteiger partial charge in [-0.2, -0.15) is 0 Å². The molecule has 1 aromatic rings. The van der Waals surface area contributed by atoms with Gasteiger partial charge in [-0.1, -0.05) is 64.4 Å². The monoisotopic (exact) mass is 415 g/mol. The second-order valence-electron chi connectivity index (χ2n) is 10.0. The van der Waals surface area contributed by atoms with E-state index in [0.717, 1.165) is 38.9 Å². The fraction of sp³-hybridized carbons (Fsp3) is 0.667. The molecule has 2 amide bonds. The fourth-order valence-electron chi connectivity index (χ4n) is 5.40. The highest BCUT2D eigenvalue weighted by Gasteiger charge is 2.53. The highest BCUT2D eigenvalue weighted by Crippen LogP contribution is 2.41. The van der Waals surface area contributed by atoms with E-state index in [1.54, 1.807) is 0 Å². The number of carbonyl (C=O) groups is 2. The number of amides is 2. The average molecular weight is 416 g/mol. The number of nitrogens with zero attached hydrogens (tertiary/aromatic N) is 1. The van der Waals surface area contributed by atoms with Crippen molar-refractivity contribution in [2.75, 3.05) is 13.1 Å². The minimum Gasteiger partial charge on any atom is -0.432 e. The SMILES string of the molecule is CCCC(OC(N)=O)(C(=O)N[C@@H]1CC[C@H]2CN(Cc3ccccc3)C[C@H]21)C(C)(C)C. The van der Waals surface area contributed by atoms with Gasteiger partial charge in [-0.3, -0.25) is 9.69 Å². The van der Waals surface area contributed by atoms with Gasteiger partial charge in [0.1, 0.15) is 0 Å². The van der Waals surface area contributed by atoms with Gasteiger partial charge in [-0.05, 0) is 36.7 Å². The summed E-state index contributed by atoms with van der Waals surface area (Å²) in [6.07, 6.45) is 2.37. The van der Waals surface area contributed by atoms with Gasteiger partial charge in [-0.15, -0.1) is 0 Å². The van der Waals surface area contributed by atoms with Gasteiger partial charge < -0.3 is 15.8 Å². The van der Waals surface area contributed by atoms with Crippen molar-refractivity contribution < 1.29 is 14.3 Å². The van der Waals surface area contributed by atoms with Crippen LogP contribution in [0.3, 0.4) is 0 Å². The number of benzene rings is 1. The molecule has 0 aromatic heterocycles. The molecule has 6 heteroatoms. The Morgan fingerprint density at radius 2 is 1.87 bits per heavy atom. The van der Waals surface area contributed by atoms with Gasteiger partial charge >= 0.3 is 6.09 Å². The highest BCUT2D eigenvalue weighted by molar-refractivity contribution is 5.88. The molecule has 4 atom stereocenters. The molecule has 1 saturated heterocycles. The van der Waals surface area contributed by atoms with Crippen LogP contribution in [0.5, 0.6) is 0 Å². The van der Waals surface area contributed by atoms with E-state index in [1.807, 2.05) is 33.8 Å². The summed E-state index contributed by atoms with van der Waals surface area (Å²) in [6.45, 7) is 10.8. The molecule has 3 rings (SSSR count). The molecule has 1 aliphatic heterocycles. The van der Waals surface area contributed by atoms with Crippen LogP contribution in [-0.4, -0.2) is 41.6 Å². The van der Waals surface area contributed by atoms with Crippen LogP contribution >= 0.6 is 0 Å². The van der Waals surface area contributed by atoms with Crippen molar-refractivity contribution in [3.05, 3.63) is 35.9 Å². The van der Waals surface area contributed by atoms with Crippen molar-refractivity contribution in [3.63, 3.8) is 0 Å². The van der Waals surface area contributed by atoms with E-state index in [2.05, 4.69) is 34.5 Å². The number of nitrogens with one attached hydrogen (secondary N) is 1. The van der Waals surface area contributed by atoms with E-state index in [1.165, 1.54) is 5.56 Å². The van der Waals surface area contributed by atoms with E-state index in [0.29, 0.717) is 18.3 Å². The van der Waals surface area contributed by atoms with Crippen molar-refractivity contribution in [3.8, 4) is 0 Å². The predicted molar refractivity (Wildman–Crippen MR) is 118 cm³/mol. The molecule has 3 N–H and O–H groups in total. The number of carbonyl (C=O) groups excluding carboxylic acids is 2. The Balaban J connectivity index is 1.70. The Morgan fingerprint density at radius 1 is 1.17 bits per heavy atom. The Hall–Kier alpha value is -2.08. The molecule has 166 valence electrons. The summed E-state index contributed by atoms with van der Waals surface area (Å²) in [7, 11) is 0. The molecule has 1 aromatic carbocycles. The molecule has 1 heterocycles. The van der Waals surface area contributed by atoms with Crippen LogP contribution < -0.4 is 11.1 Å². The lowest BCUT2D eigenvalue weighted by molar-refractivity contribution is -0.154. The molecule has 0 bridgehead atoms. The normalized spacial score (nSPS) is 26.1. The van der Waals surface area contributed by atoms with Gasteiger partial charge in [0.05, 0.1) is 0 Å². The van der Waals surface area contributed by atoms with E-state index in [-0.39, 0.29) is 11.9 Å². The number of hydrogen-bond acceptors (Lipinski definition) is 4. The number of nitrogens with two attached hydrogens (primary N) is 1. The van der Waals surface area contributed by atoms with E-state index < -0.39 is 17.1 Å². The number of fused-ring (bicyclic) bond motifs is 1. The maximum Gasteiger partial charge on any atom is 0.405 e. The molecule has 1 unspecified atom stereocenters. The first-order valence-electron chi connectivity index (χ1n) is 11.2. The van der Waals surface area contributed by atoms with Crippen molar-refractivity contribution in [1.82, 2.24) is 10.2 Å². The summed E-state index contributed by atoms with van der Waals surface area (Å²) >= 11 is 0. The van der Waals surface area contributed by atoms with Crippen molar-refractivity contribution in [2.45, 2.75) is 71.6 Å². The number of likely N-dealkylation sites (tertiary alicyclic amines) is 1. The zero-order valence-electron chi connectivity index (χ0n) is 18.8. The van der Waals surface area contributed by atoms with Crippen LogP contribution in [0.25, 0.3) is 0 Å². The summed E-state index contributed by atoms with van der Waals surface area (Å²) in [6, 6.07) is 10.6. The van der Waals surface area contributed by atoms with Crippen LogP contribution in [0, 0.1) is 17.3 Å². The minimum absolute atomic E-state index is 0.110. The molecular weight excluding hydrogens is 378 g/mol. The average Bonchev–Trinajstić information content (AvgIpc) is 3.22. The fourth-order valence-corrected chi connectivity index (χ4v) is 5.40. The molecule has 2 fully saturated rings. The molecule has 30 heavy (non-hydrogen) atoms. The van der Waals surface area contributed by atoms with Crippen LogP contribution in [0.4, 0.5) is 4.79 Å². The van der Waals surface area contributed by atoms with Crippen LogP contribution in [0.15, 0.2) is 30.3 Å². The molecule has 1 aliphatic carbocycles. The summed E-state index contributed by atoms with van der Waals surface area (Å²) in [5.74, 6) is 0.833. The summed E-state index contributed by atoms with van der Waals surface area (Å²) in [5, 5.41) is 3.27. The third-order valence-electron chi connectivity index (χ3n) is 6.95. The Kier molecular flexibility index (Phi) is 6.75. The van der Waals surface area contributed by atoms with Gasteiger partial charge in [0.15, 0.2) is 5.60 Å². The summed E-state index contributed by atoms with van der Waals surface area (Å²) in [4.78, 5) is 27.7. The number of rotatable bonds is 7. The highest BCUT2D eigenvalue weighted by atomic mass is 16.6. The van der Waals surface area contributed by atoms with Crippen molar-refractivity contribution >= 4 is 12.0 Å². The maximum atomic E-state index is 13.5. The van der Waals surface area contributed by atoms with Crippen LogP contribution in [0.2, 0.25) is 0 Å². The standard InChI is InChI=1S/C24H37N3O3/c1-5-13-24(23(2,3)4,30-22(25)29)21(28)26-20-12-11-18-15-27(16-19(18)20)14-17-9-7-6-8-10-17/h6-10,18-20H,5,11-16H2,1-4H3,(H2,25,29)(H,26,28)/t18-,19+,20+,24?/m0/s1. The quantitative estimate of drug-likeness (QED) is 0.711. The molecule has 6 nitrogen and oxygen atoms in total. The van der Waals surface area contributed by atoms with E-state index in [4.69, 9.17) is 10.5 Å². The second kappa shape index (κ2) is 8.96. The van der Waals surface area contributed by atoms with Crippen molar-refractivity contribution in [2.24, 2.45) is 23.0 Å². The molecular formula is C24H37N3O3. The lowest BCUT2D eigenvalue weighted by Crippen LogP contribution is -2.60. The minimum atomic E-state index is -1.26. The predicted octanol–water partition coefficient (Wildman–Crippen LogP) is 3.69. The Morgan fingerprint density at radius 3 is 2.47 bits per heavy atom. The first kappa shape index (κ1) is 22.6. The van der Waals surface area contributed by atoms with Gasteiger partial charge in [0, 0.05) is 31.1 Å². The van der Waals surface area contributed by atoms with Gasteiger partial charge in [0.25, 0.3) is 5.91 Å². The van der Waals surface area contributed by atoms with Crippen LogP contribution in [0.1, 0.15) is 58.9 Å². The first-order valence-corrected chi connectivity index (χ1v) is 11.2. The maximum absolute atomic E-state index is 13.5. The molecule has 0 radical (unpaired) electrons. The lowest BCUT2D eigenvalue weighted by Gasteiger charge is -2.42. The third-order valence-corrected chi connectivity index (χ3v) is 6.95. The Bertz CT molecular complexity index is 746. The van der Waals surface area contributed by atoms with Crippen molar-refractivity contribution in [1.29, 1.82) is 0 Å². The summed E-state index contributed by atoms with van der Waals surface area (Å²) in [5.41, 5.74) is 4.89. The lowest BCUT2D eigenvalue weighted by atomic mass is 9.72. The number of primary amides is 1. The first-order chi connectivity index (χ1) is 14.2. The molecule has 1 saturated carbocycles. The smallest absolute Gasteiger partial charge is 0.405 e. The zero-order valence-corrected chi connectivity index (χ0v) is 18.8. The topological polar surface area (TPSA) is 84.7 Å². The summed E-state index contributed by atoms with van der Waals surface area (Å²) < 4.78 is 5.54. The zero-order chi connectivity index (χ0) is 21.9.